The maximum absolute atomic E-state index is 14.4. The smallest absolute Gasteiger partial charge is 0.274 e. The fourth-order valence-corrected chi connectivity index (χ4v) is 5.50. The van der Waals surface area contributed by atoms with Crippen molar-refractivity contribution in [1.29, 1.82) is 0 Å². The van der Waals surface area contributed by atoms with Gasteiger partial charge in [-0.15, -0.1) is 0 Å². The predicted octanol–water partition coefficient (Wildman–Crippen LogP) is 6.46. The second kappa shape index (κ2) is 9.23. The number of carbonyl (C=O) groups excluding carboxylic acids is 1. The molecule has 0 aliphatic heterocycles. The number of amides is 1. The minimum atomic E-state index is -0.300. The van der Waals surface area contributed by atoms with E-state index >= 15 is 0 Å². The monoisotopic (exact) mass is 409 g/mol. The zero-order chi connectivity index (χ0) is 21.1. The highest BCUT2D eigenvalue weighted by Crippen LogP contribution is 2.41. The number of rotatable bonds is 4. The minimum absolute atomic E-state index is 0.116. The first kappa shape index (κ1) is 21.0. The summed E-state index contributed by atoms with van der Waals surface area (Å²) in [6.45, 7) is 4.61. The maximum atomic E-state index is 14.4. The summed E-state index contributed by atoms with van der Waals surface area (Å²) in [4.78, 5) is 21.7. The van der Waals surface area contributed by atoms with E-state index in [2.05, 4.69) is 29.1 Å². The standard InChI is InChI=1S/C25H32FN3O/c1-16-12-17(2)14-19(13-16)20-10-11-27-15-23(20)29-25(30)22-9-8-21(26)24(28-22)18-6-4-3-5-7-18/h8-11,15-19H,3-7,12-14H2,1-2H3,(H,29,30)/t16-,17+,19-. The number of carbonyl (C=O) groups is 1. The van der Waals surface area contributed by atoms with E-state index in [1.807, 2.05) is 6.07 Å². The molecule has 1 N–H and O–H groups in total. The highest BCUT2D eigenvalue weighted by Gasteiger charge is 2.27. The van der Waals surface area contributed by atoms with Crippen molar-refractivity contribution in [3.63, 3.8) is 0 Å². The summed E-state index contributed by atoms with van der Waals surface area (Å²) in [5.74, 6) is 1.29. The molecular weight excluding hydrogens is 377 g/mol. The Morgan fingerprint density at radius 3 is 2.47 bits per heavy atom. The summed E-state index contributed by atoms with van der Waals surface area (Å²) in [6.07, 6.45) is 12.3. The van der Waals surface area contributed by atoms with Crippen molar-refractivity contribution in [2.75, 3.05) is 5.32 Å². The van der Waals surface area contributed by atoms with Gasteiger partial charge in [0.2, 0.25) is 0 Å². The van der Waals surface area contributed by atoms with Crippen molar-refractivity contribution >= 4 is 11.6 Å². The van der Waals surface area contributed by atoms with Gasteiger partial charge in [-0.05, 0) is 73.6 Å². The van der Waals surface area contributed by atoms with Crippen LogP contribution in [0.15, 0.2) is 30.6 Å². The molecule has 1 amide bonds. The SMILES string of the molecule is C[C@@H]1C[C@H](C)C[C@H](c2ccncc2NC(=O)c2ccc(F)c(C3CCCCC3)n2)C1. The van der Waals surface area contributed by atoms with Crippen LogP contribution in [0.5, 0.6) is 0 Å². The third-order valence-electron chi connectivity index (χ3n) is 6.82. The summed E-state index contributed by atoms with van der Waals surface area (Å²) in [6, 6.07) is 4.90. The Morgan fingerprint density at radius 2 is 1.73 bits per heavy atom. The lowest BCUT2D eigenvalue weighted by Crippen LogP contribution is -2.21. The molecule has 160 valence electrons. The normalized spacial score (nSPS) is 25.1. The molecule has 4 nitrogen and oxygen atoms in total. The second-order valence-corrected chi connectivity index (χ2v) is 9.43. The molecule has 2 aromatic heterocycles. The topological polar surface area (TPSA) is 54.9 Å². The third kappa shape index (κ3) is 4.71. The molecule has 2 aromatic rings. The minimum Gasteiger partial charge on any atom is -0.319 e. The molecule has 4 rings (SSSR count). The molecule has 2 saturated carbocycles. The fraction of sp³-hybridized carbons (Fsp3) is 0.560. The number of nitrogens with one attached hydrogen (secondary N) is 1. The van der Waals surface area contributed by atoms with Gasteiger partial charge in [-0.3, -0.25) is 9.78 Å². The third-order valence-corrected chi connectivity index (χ3v) is 6.82. The Hall–Kier alpha value is -2.30. The zero-order valence-electron chi connectivity index (χ0n) is 18.0. The Bertz CT molecular complexity index is 884. The van der Waals surface area contributed by atoms with Crippen molar-refractivity contribution in [2.45, 2.75) is 77.0 Å². The number of pyridine rings is 2. The van der Waals surface area contributed by atoms with Crippen LogP contribution in [0.1, 0.15) is 98.8 Å². The van der Waals surface area contributed by atoms with E-state index < -0.39 is 0 Å². The zero-order valence-corrected chi connectivity index (χ0v) is 18.0. The Balaban J connectivity index is 1.55. The van der Waals surface area contributed by atoms with Crippen LogP contribution in [-0.4, -0.2) is 15.9 Å². The van der Waals surface area contributed by atoms with Gasteiger partial charge in [0, 0.05) is 12.1 Å². The lowest BCUT2D eigenvalue weighted by Gasteiger charge is -2.32. The second-order valence-electron chi connectivity index (χ2n) is 9.43. The van der Waals surface area contributed by atoms with Crippen LogP contribution < -0.4 is 5.32 Å². The van der Waals surface area contributed by atoms with Crippen LogP contribution in [0.2, 0.25) is 0 Å². The van der Waals surface area contributed by atoms with Crippen LogP contribution in [0.3, 0.4) is 0 Å². The number of halogens is 1. The first-order chi connectivity index (χ1) is 14.5. The van der Waals surface area contributed by atoms with E-state index in [1.165, 1.54) is 25.0 Å². The van der Waals surface area contributed by atoms with Crippen molar-refractivity contribution in [1.82, 2.24) is 9.97 Å². The molecule has 0 saturated heterocycles. The molecule has 0 unspecified atom stereocenters. The van der Waals surface area contributed by atoms with Crippen LogP contribution in [0.4, 0.5) is 10.1 Å². The van der Waals surface area contributed by atoms with E-state index in [-0.39, 0.29) is 23.3 Å². The van der Waals surface area contributed by atoms with Gasteiger partial charge in [-0.25, -0.2) is 9.37 Å². The van der Waals surface area contributed by atoms with Gasteiger partial charge in [0.25, 0.3) is 5.91 Å². The fourth-order valence-electron chi connectivity index (χ4n) is 5.50. The summed E-state index contributed by atoms with van der Waals surface area (Å²) in [5, 5.41) is 3.02. The maximum Gasteiger partial charge on any atom is 0.274 e. The van der Waals surface area contributed by atoms with Gasteiger partial charge in [0.1, 0.15) is 11.5 Å². The molecule has 0 spiro atoms. The first-order valence-electron chi connectivity index (χ1n) is 11.4. The number of hydrogen-bond donors (Lipinski definition) is 1. The average Bonchev–Trinajstić information content (AvgIpc) is 2.74. The lowest BCUT2D eigenvalue weighted by molar-refractivity contribution is 0.102. The Morgan fingerprint density at radius 1 is 1.00 bits per heavy atom. The van der Waals surface area contributed by atoms with E-state index in [4.69, 9.17) is 0 Å². The van der Waals surface area contributed by atoms with Crippen LogP contribution >= 0.6 is 0 Å². The molecule has 2 fully saturated rings. The summed E-state index contributed by atoms with van der Waals surface area (Å²) in [5.41, 5.74) is 2.62. The summed E-state index contributed by atoms with van der Waals surface area (Å²) in [7, 11) is 0. The number of hydrogen-bond acceptors (Lipinski definition) is 3. The average molecular weight is 410 g/mol. The first-order valence-corrected chi connectivity index (χ1v) is 11.4. The molecule has 3 atom stereocenters. The van der Waals surface area contributed by atoms with Gasteiger partial charge in [-0.1, -0.05) is 33.1 Å². The van der Waals surface area contributed by atoms with Crippen LogP contribution in [0, 0.1) is 17.7 Å². The molecule has 2 aliphatic rings. The van der Waals surface area contributed by atoms with Gasteiger partial charge in [0.15, 0.2) is 0 Å². The van der Waals surface area contributed by atoms with E-state index in [1.54, 1.807) is 12.4 Å². The largest absolute Gasteiger partial charge is 0.319 e. The Labute approximate surface area is 178 Å². The Kier molecular flexibility index (Phi) is 6.45. The number of aromatic nitrogens is 2. The quantitative estimate of drug-likeness (QED) is 0.631. The van der Waals surface area contributed by atoms with E-state index in [0.29, 0.717) is 23.4 Å². The van der Waals surface area contributed by atoms with Crippen molar-refractivity contribution in [2.24, 2.45) is 11.8 Å². The molecular formula is C25H32FN3O. The van der Waals surface area contributed by atoms with Crippen molar-refractivity contribution in [3.8, 4) is 0 Å². The molecule has 0 radical (unpaired) electrons. The molecule has 2 aliphatic carbocycles. The molecule has 2 heterocycles. The lowest BCUT2D eigenvalue weighted by atomic mass is 9.74. The highest BCUT2D eigenvalue weighted by molar-refractivity contribution is 6.03. The van der Waals surface area contributed by atoms with Gasteiger partial charge in [-0.2, -0.15) is 0 Å². The summed E-state index contributed by atoms with van der Waals surface area (Å²) < 4.78 is 14.4. The van der Waals surface area contributed by atoms with E-state index in [9.17, 15) is 9.18 Å². The summed E-state index contributed by atoms with van der Waals surface area (Å²) >= 11 is 0. The van der Waals surface area contributed by atoms with E-state index in [0.717, 1.165) is 49.8 Å². The van der Waals surface area contributed by atoms with Gasteiger partial charge in [0.05, 0.1) is 17.6 Å². The molecule has 0 bridgehead atoms. The van der Waals surface area contributed by atoms with Crippen LogP contribution in [0.25, 0.3) is 0 Å². The number of anilines is 1. The predicted molar refractivity (Wildman–Crippen MR) is 117 cm³/mol. The van der Waals surface area contributed by atoms with Crippen LogP contribution in [-0.2, 0) is 0 Å². The van der Waals surface area contributed by atoms with Gasteiger partial charge >= 0.3 is 0 Å². The molecule has 5 heteroatoms. The van der Waals surface area contributed by atoms with Crippen molar-refractivity contribution < 1.29 is 9.18 Å². The highest BCUT2D eigenvalue weighted by atomic mass is 19.1. The molecule has 0 aromatic carbocycles. The number of nitrogens with zero attached hydrogens (tertiary/aromatic N) is 2. The molecule has 30 heavy (non-hydrogen) atoms. The van der Waals surface area contributed by atoms with Gasteiger partial charge < -0.3 is 5.32 Å². The van der Waals surface area contributed by atoms with Crippen molar-refractivity contribution in [3.05, 3.63) is 53.4 Å².